The third-order valence-electron chi connectivity index (χ3n) is 5.75. The summed E-state index contributed by atoms with van der Waals surface area (Å²) in [4.78, 5) is 0. The Kier molecular flexibility index (Phi) is 6.44. The molecule has 3 N–H and O–H groups in total. The minimum atomic E-state index is -1.01. The van der Waals surface area contributed by atoms with Gasteiger partial charge in [0.15, 0.2) is 0 Å². The average Bonchev–Trinajstić information content (AvgIpc) is 2.75. The van der Waals surface area contributed by atoms with Crippen LogP contribution in [0.2, 0.25) is 0 Å². The van der Waals surface area contributed by atoms with Gasteiger partial charge in [0.1, 0.15) is 17.3 Å². The van der Waals surface area contributed by atoms with E-state index >= 15 is 4.39 Å². The highest BCUT2D eigenvalue weighted by Crippen LogP contribution is 2.39. The molecule has 0 saturated carbocycles. The fourth-order valence-electron chi connectivity index (χ4n) is 3.85. The molecule has 2 aromatic carbocycles. The van der Waals surface area contributed by atoms with E-state index in [1.807, 2.05) is 37.3 Å². The lowest BCUT2D eigenvalue weighted by Gasteiger charge is -2.35. The number of allylic oxidation sites excluding steroid dienone is 2. The van der Waals surface area contributed by atoms with E-state index in [2.05, 4.69) is 19.1 Å². The van der Waals surface area contributed by atoms with Crippen molar-refractivity contribution in [2.45, 2.75) is 26.0 Å². The summed E-state index contributed by atoms with van der Waals surface area (Å²) in [6, 6.07) is 11.2. The largest absolute Gasteiger partial charge is 0.496 e. The average molecular weight is 410 g/mol. The van der Waals surface area contributed by atoms with Gasteiger partial charge < -0.3 is 20.3 Å². The van der Waals surface area contributed by atoms with E-state index in [9.17, 15) is 5.11 Å². The molecule has 0 saturated heterocycles. The molecule has 4 nitrogen and oxygen atoms in total. The third kappa shape index (κ3) is 4.04. The van der Waals surface area contributed by atoms with Gasteiger partial charge in [-0.2, -0.15) is 0 Å². The Morgan fingerprint density at radius 3 is 2.40 bits per heavy atom. The lowest BCUT2D eigenvalue weighted by molar-refractivity contribution is 0.265. The second kappa shape index (κ2) is 8.86. The number of aryl methyl sites for hydroxylation is 1. The number of hydrogen-bond acceptors (Lipinski definition) is 4. The number of aliphatic hydroxyl groups is 1. The molecule has 0 aliphatic heterocycles. The van der Waals surface area contributed by atoms with Gasteiger partial charge in [0.2, 0.25) is 0 Å². The number of ether oxygens (including phenoxy) is 2. The van der Waals surface area contributed by atoms with Crippen molar-refractivity contribution in [2.75, 3.05) is 14.2 Å². The molecule has 0 radical (unpaired) electrons. The van der Waals surface area contributed by atoms with Gasteiger partial charge in [0, 0.05) is 11.5 Å². The van der Waals surface area contributed by atoms with Gasteiger partial charge >= 0.3 is 0 Å². The number of benzene rings is 2. The van der Waals surface area contributed by atoms with Gasteiger partial charge in [0.05, 0.1) is 31.9 Å². The first-order chi connectivity index (χ1) is 14.3. The fraction of sp³-hybridized carbons (Fsp3) is 0.280. The molecule has 2 atom stereocenters. The highest BCUT2D eigenvalue weighted by molar-refractivity contribution is 5.76. The van der Waals surface area contributed by atoms with E-state index < -0.39 is 11.4 Å². The van der Waals surface area contributed by atoms with Gasteiger partial charge in [0.25, 0.3) is 0 Å². The normalized spacial score (nSPS) is 21.4. The third-order valence-corrected chi connectivity index (χ3v) is 5.75. The van der Waals surface area contributed by atoms with Crippen molar-refractivity contribution < 1.29 is 19.0 Å². The minimum absolute atomic E-state index is 0.144. The molecule has 30 heavy (non-hydrogen) atoms. The first-order valence-electron chi connectivity index (χ1n) is 9.83. The second-order valence-corrected chi connectivity index (χ2v) is 7.53. The van der Waals surface area contributed by atoms with E-state index in [4.69, 9.17) is 15.2 Å². The monoisotopic (exact) mass is 409 g/mol. The number of nitrogens with two attached hydrogens (primary N) is 1. The Hall–Kier alpha value is -2.89. The van der Waals surface area contributed by atoms with Crippen LogP contribution in [0.15, 0.2) is 60.7 Å². The van der Waals surface area contributed by atoms with Gasteiger partial charge in [-0.1, -0.05) is 49.4 Å². The first kappa shape index (κ1) is 21.8. The van der Waals surface area contributed by atoms with Crippen LogP contribution >= 0.6 is 0 Å². The van der Waals surface area contributed by atoms with Crippen molar-refractivity contribution in [3.05, 3.63) is 83.0 Å². The van der Waals surface area contributed by atoms with E-state index in [1.165, 1.54) is 20.3 Å². The fourth-order valence-corrected chi connectivity index (χ4v) is 3.85. The molecule has 0 fully saturated rings. The second-order valence-electron chi connectivity index (χ2n) is 7.53. The quantitative estimate of drug-likeness (QED) is 0.719. The summed E-state index contributed by atoms with van der Waals surface area (Å²) in [6.45, 7) is 3.78. The molecule has 3 rings (SSSR count). The van der Waals surface area contributed by atoms with Gasteiger partial charge in [-0.25, -0.2) is 4.39 Å². The summed E-state index contributed by atoms with van der Waals surface area (Å²) < 4.78 is 26.0. The van der Waals surface area contributed by atoms with E-state index in [-0.39, 0.29) is 18.1 Å². The number of halogens is 1. The molecule has 2 unspecified atom stereocenters. The van der Waals surface area contributed by atoms with Crippen molar-refractivity contribution in [1.29, 1.82) is 0 Å². The lowest BCUT2D eigenvalue weighted by atomic mass is 9.74. The molecular weight excluding hydrogens is 381 g/mol. The van der Waals surface area contributed by atoms with Crippen LogP contribution in [0.4, 0.5) is 4.39 Å². The van der Waals surface area contributed by atoms with E-state index in [0.29, 0.717) is 17.1 Å². The summed E-state index contributed by atoms with van der Waals surface area (Å²) in [6.07, 6.45) is 7.16. The number of aliphatic hydroxyl groups excluding tert-OH is 1. The zero-order valence-corrected chi connectivity index (χ0v) is 17.8. The van der Waals surface area contributed by atoms with Gasteiger partial charge in [-0.15, -0.1) is 0 Å². The molecule has 0 spiro atoms. The summed E-state index contributed by atoms with van der Waals surface area (Å²) in [5, 5.41) is 9.58. The molecule has 0 heterocycles. The zero-order valence-electron chi connectivity index (χ0n) is 17.8. The summed E-state index contributed by atoms with van der Waals surface area (Å²) in [7, 11) is 2.93. The predicted molar refractivity (Wildman–Crippen MR) is 119 cm³/mol. The number of rotatable bonds is 6. The molecule has 5 heteroatoms. The van der Waals surface area contributed by atoms with Gasteiger partial charge in [-0.05, 0) is 41.8 Å². The summed E-state index contributed by atoms with van der Waals surface area (Å²) in [5.74, 6) is 0.0828. The van der Waals surface area contributed by atoms with Gasteiger partial charge in [-0.3, -0.25) is 0 Å². The Morgan fingerprint density at radius 2 is 1.83 bits per heavy atom. The van der Waals surface area contributed by atoms with Crippen LogP contribution < -0.4 is 15.2 Å². The number of hydrogen-bond donors (Lipinski definition) is 2. The maximum atomic E-state index is 15.4. The Bertz CT molecular complexity index is 1000. The maximum absolute atomic E-state index is 15.4. The van der Waals surface area contributed by atoms with Crippen molar-refractivity contribution in [1.82, 2.24) is 0 Å². The molecule has 1 aliphatic rings. The van der Waals surface area contributed by atoms with Crippen molar-refractivity contribution in [3.8, 4) is 11.5 Å². The van der Waals surface area contributed by atoms with Crippen molar-refractivity contribution in [3.63, 3.8) is 0 Å². The maximum Gasteiger partial charge on any atom is 0.128 e. The Morgan fingerprint density at radius 1 is 1.20 bits per heavy atom. The molecule has 1 aliphatic carbocycles. The Labute approximate surface area is 177 Å². The topological polar surface area (TPSA) is 64.7 Å². The van der Waals surface area contributed by atoms with Crippen molar-refractivity contribution >= 4 is 11.4 Å². The SMILES string of the molecule is COc1cc(/C(F)=C/C2(N)C=CC=C(c3ccccc3C)C2C)cc(OC)c1CO. The lowest BCUT2D eigenvalue weighted by Crippen LogP contribution is -2.44. The first-order valence-corrected chi connectivity index (χ1v) is 9.83. The zero-order chi connectivity index (χ0) is 21.9. The highest BCUT2D eigenvalue weighted by Gasteiger charge is 2.33. The summed E-state index contributed by atoms with van der Waals surface area (Å²) >= 11 is 0. The van der Waals surface area contributed by atoms with Crippen LogP contribution in [-0.4, -0.2) is 24.9 Å². The molecular formula is C25H28FNO3. The van der Waals surface area contributed by atoms with Crippen LogP contribution in [-0.2, 0) is 6.61 Å². The molecule has 0 amide bonds. The minimum Gasteiger partial charge on any atom is -0.496 e. The molecule has 0 aromatic heterocycles. The van der Waals surface area contributed by atoms with Crippen LogP contribution in [0.25, 0.3) is 11.4 Å². The van der Waals surface area contributed by atoms with E-state index in [0.717, 1.165) is 16.7 Å². The Balaban J connectivity index is 2.01. The molecule has 0 bridgehead atoms. The summed E-state index contributed by atoms with van der Waals surface area (Å²) in [5.41, 5.74) is 9.72. The highest BCUT2D eigenvalue weighted by atomic mass is 19.1. The van der Waals surface area contributed by atoms with Crippen LogP contribution in [0.3, 0.4) is 0 Å². The van der Waals surface area contributed by atoms with Crippen LogP contribution in [0.1, 0.15) is 29.2 Å². The predicted octanol–water partition coefficient (Wildman–Crippen LogP) is 4.80. The molecule has 2 aromatic rings. The smallest absolute Gasteiger partial charge is 0.128 e. The number of methoxy groups -OCH3 is 2. The van der Waals surface area contributed by atoms with Crippen molar-refractivity contribution in [2.24, 2.45) is 11.7 Å². The van der Waals surface area contributed by atoms with E-state index in [1.54, 1.807) is 12.1 Å². The molecule has 158 valence electrons. The van der Waals surface area contributed by atoms with Crippen LogP contribution in [0, 0.1) is 12.8 Å². The standard InChI is InChI=1S/C25H28FNO3/c1-16-8-5-6-9-19(16)20-10-7-11-25(27,17(20)2)14-22(26)18-12-23(29-3)21(15-28)24(13-18)30-4/h5-14,17,28H,15,27H2,1-4H3/b22-14-. The van der Waals surface area contributed by atoms with Crippen LogP contribution in [0.5, 0.6) is 11.5 Å².